The van der Waals surface area contributed by atoms with E-state index in [9.17, 15) is 14.7 Å². The zero-order chi connectivity index (χ0) is 17.2. The van der Waals surface area contributed by atoms with Gasteiger partial charge in [-0.15, -0.1) is 0 Å². The van der Waals surface area contributed by atoms with Gasteiger partial charge >= 0.3 is 5.97 Å². The Kier molecular flexibility index (Phi) is 4.71. The molecule has 2 fully saturated rings. The first kappa shape index (κ1) is 16.7. The molecule has 0 unspecified atom stereocenters. The van der Waals surface area contributed by atoms with Gasteiger partial charge in [0.1, 0.15) is 0 Å². The predicted molar refractivity (Wildman–Crippen MR) is 92.4 cm³/mol. The zero-order valence-corrected chi connectivity index (χ0v) is 14.0. The van der Waals surface area contributed by atoms with Crippen molar-refractivity contribution in [2.75, 3.05) is 26.7 Å². The molecule has 3 rings (SSSR count). The van der Waals surface area contributed by atoms with E-state index in [4.69, 9.17) is 0 Å². The number of carboxylic acid groups (broad SMARTS) is 1. The van der Waals surface area contributed by atoms with E-state index >= 15 is 0 Å². The average molecular weight is 328 g/mol. The van der Waals surface area contributed by atoms with Crippen LogP contribution in [0.3, 0.4) is 0 Å². The van der Waals surface area contributed by atoms with Gasteiger partial charge in [-0.25, -0.2) is 0 Å². The van der Waals surface area contributed by atoms with Gasteiger partial charge in [-0.2, -0.15) is 0 Å². The van der Waals surface area contributed by atoms with Gasteiger partial charge < -0.3 is 10.0 Å². The third kappa shape index (κ3) is 3.08. The number of piperidine rings is 1. The highest BCUT2D eigenvalue weighted by atomic mass is 16.4. The molecule has 0 saturated carbocycles. The van der Waals surface area contributed by atoms with Crippen LogP contribution >= 0.6 is 0 Å². The lowest BCUT2D eigenvalue weighted by molar-refractivity contribution is -0.146. The summed E-state index contributed by atoms with van der Waals surface area (Å²) in [6.45, 7) is 2.49. The number of hydrogen-bond acceptors (Lipinski definition) is 3. The van der Waals surface area contributed by atoms with Crippen LogP contribution in [0.4, 0.5) is 0 Å². The Morgan fingerprint density at radius 1 is 1.29 bits per heavy atom. The molecule has 1 N–H and O–H groups in total. The van der Waals surface area contributed by atoms with Crippen molar-refractivity contribution in [3.8, 4) is 0 Å². The van der Waals surface area contributed by atoms with E-state index in [-0.39, 0.29) is 12.3 Å². The Hall–Kier alpha value is -2.14. The zero-order valence-electron chi connectivity index (χ0n) is 14.0. The van der Waals surface area contributed by atoms with Gasteiger partial charge in [0.25, 0.3) is 0 Å². The van der Waals surface area contributed by atoms with Crippen LogP contribution in [0.2, 0.25) is 0 Å². The van der Waals surface area contributed by atoms with Crippen molar-refractivity contribution >= 4 is 18.0 Å². The van der Waals surface area contributed by atoms with Crippen molar-refractivity contribution in [3.05, 3.63) is 42.0 Å². The number of carboxylic acids is 1. The molecular formula is C19H24N2O3. The summed E-state index contributed by atoms with van der Waals surface area (Å²) in [4.78, 5) is 27.6. The minimum absolute atomic E-state index is 0.0418. The molecule has 128 valence electrons. The molecule has 1 amide bonds. The van der Waals surface area contributed by atoms with E-state index in [2.05, 4.69) is 29.2 Å². The predicted octanol–water partition coefficient (Wildman–Crippen LogP) is 2.10. The van der Waals surface area contributed by atoms with Gasteiger partial charge in [0.2, 0.25) is 5.91 Å². The minimum Gasteiger partial charge on any atom is -0.481 e. The molecule has 1 spiro atoms. The van der Waals surface area contributed by atoms with Crippen molar-refractivity contribution < 1.29 is 14.7 Å². The Bertz CT molecular complexity index is 633. The summed E-state index contributed by atoms with van der Waals surface area (Å²) in [6, 6.07) is 10.2. The van der Waals surface area contributed by atoms with E-state index < -0.39 is 17.4 Å². The molecule has 0 aromatic heterocycles. The molecule has 5 heteroatoms. The normalized spacial score (nSPS) is 24.1. The monoisotopic (exact) mass is 328 g/mol. The smallest absolute Gasteiger partial charge is 0.309 e. The summed E-state index contributed by atoms with van der Waals surface area (Å²) in [5, 5.41) is 9.50. The Morgan fingerprint density at radius 2 is 1.96 bits per heavy atom. The largest absolute Gasteiger partial charge is 0.481 e. The van der Waals surface area contributed by atoms with Crippen molar-refractivity contribution in [1.82, 2.24) is 9.80 Å². The first-order chi connectivity index (χ1) is 11.5. The molecular weight excluding hydrogens is 304 g/mol. The maximum atomic E-state index is 12.0. The van der Waals surface area contributed by atoms with Crippen LogP contribution in [0.15, 0.2) is 36.4 Å². The molecule has 5 nitrogen and oxygen atoms in total. The first-order valence-electron chi connectivity index (χ1n) is 8.46. The summed E-state index contributed by atoms with van der Waals surface area (Å²) in [5.74, 6) is -1.46. The maximum Gasteiger partial charge on any atom is 0.309 e. The molecule has 0 bridgehead atoms. The molecule has 24 heavy (non-hydrogen) atoms. The molecule has 1 aromatic carbocycles. The van der Waals surface area contributed by atoms with Crippen LogP contribution in [0.5, 0.6) is 0 Å². The summed E-state index contributed by atoms with van der Waals surface area (Å²) in [5.41, 5.74) is 0.681. The highest BCUT2D eigenvalue weighted by molar-refractivity contribution is 5.88. The van der Waals surface area contributed by atoms with Crippen LogP contribution in [-0.2, 0) is 9.59 Å². The van der Waals surface area contributed by atoms with E-state index in [1.54, 1.807) is 11.9 Å². The van der Waals surface area contributed by atoms with Gasteiger partial charge in [0.05, 0.1) is 11.5 Å². The van der Waals surface area contributed by atoms with Crippen molar-refractivity contribution in [2.24, 2.45) is 5.92 Å². The number of hydrogen-bond donors (Lipinski definition) is 1. The fraction of sp³-hybridized carbons (Fsp3) is 0.474. The number of rotatable bonds is 4. The molecule has 0 radical (unpaired) electrons. The molecule has 2 saturated heterocycles. The summed E-state index contributed by atoms with van der Waals surface area (Å²) in [6.07, 6.45) is 5.84. The second kappa shape index (κ2) is 6.77. The fourth-order valence-corrected chi connectivity index (χ4v) is 4.01. The number of aliphatic carboxylic acids is 1. The maximum absolute atomic E-state index is 12.0. The van der Waals surface area contributed by atoms with Crippen LogP contribution < -0.4 is 0 Å². The molecule has 0 aliphatic carbocycles. The molecule has 2 aliphatic rings. The highest BCUT2D eigenvalue weighted by Gasteiger charge is 2.55. The summed E-state index contributed by atoms with van der Waals surface area (Å²) >= 11 is 0. The topological polar surface area (TPSA) is 60.9 Å². The molecule has 2 aliphatic heterocycles. The van der Waals surface area contributed by atoms with Gasteiger partial charge in [-0.3, -0.25) is 14.5 Å². The number of likely N-dealkylation sites (tertiary alicyclic amines) is 2. The fourth-order valence-electron chi connectivity index (χ4n) is 4.01. The van der Waals surface area contributed by atoms with Crippen LogP contribution in [0, 0.1) is 5.92 Å². The van der Waals surface area contributed by atoms with Gasteiger partial charge in [-0.05, 0) is 18.4 Å². The second-order valence-corrected chi connectivity index (χ2v) is 6.76. The van der Waals surface area contributed by atoms with Crippen LogP contribution in [0.25, 0.3) is 6.08 Å². The second-order valence-electron chi connectivity index (χ2n) is 6.76. The molecule has 1 atom stereocenters. The number of amides is 1. The quantitative estimate of drug-likeness (QED) is 0.919. The van der Waals surface area contributed by atoms with E-state index in [0.717, 1.165) is 32.5 Å². The lowest BCUT2D eigenvalue weighted by atomic mass is 9.77. The van der Waals surface area contributed by atoms with Gasteiger partial charge in [0.15, 0.2) is 0 Å². The van der Waals surface area contributed by atoms with E-state index in [1.165, 1.54) is 5.56 Å². The lowest BCUT2D eigenvalue weighted by Crippen LogP contribution is -2.56. The Balaban J connectivity index is 1.60. The SMILES string of the molecule is CN1C(=O)C[C@H](C(=O)O)C12CCN(C/C=C/c1ccccc1)CC2. The Morgan fingerprint density at radius 3 is 2.58 bits per heavy atom. The van der Waals surface area contributed by atoms with Crippen LogP contribution in [-0.4, -0.2) is 59.0 Å². The summed E-state index contributed by atoms with van der Waals surface area (Å²) < 4.78 is 0. The molecule has 2 heterocycles. The van der Waals surface area contributed by atoms with Crippen molar-refractivity contribution in [3.63, 3.8) is 0 Å². The van der Waals surface area contributed by atoms with E-state index in [0.29, 0.717) is 0 Å². The lowest BCUT2D eigenvalue weighted by Gasteiger charge is -2.45. The number of carbonyl (C=O) groups excluding carboxylic acids is 1. The number of carbonyl (C=O) groups is 2. The third-order valence-corrected chi connectivity index (χ3v) is 5.56. The van der Waals surface area contributed by atoms with Crippen molar-refractivity contribution in [1.29, 1.82) is 0 Å². The van der Waals surface area contributed by atoms with Crippen molar-refractivity contribution in [2.45, 2.75) is 24.8 Å². The van der Waals surface area contributed by atoms with Crippen LogP contribution in [0.1, 0.15) is 24.8 Å². The standard InChI is InChI=1S/C19H24N2O3/c1-20-17(22)14-16(18(23)24)19(20)9-12-21(13-10-19)11-5-8-15-6-3-2-4-7-15/h2-8,16H,9-14H2,1H3,(H,23,24)/b8-5+/t16-/m1/s1. The van der Waals surface area contributed by atoms with Gasteiger partial charge in [0, 0.05) is 33.1 Å². The first-order valence-corrected chi connectivity index (χ1v) is 8.46. The summed E-state index contributed by atoms with van der Waals surface area (Å²) in [7, 11) is 1.76. The molecule has 1 aromatic rings. The average Bonchev–Trinajstić information content (AvgIpc) is 2.83. The van der Waals surface area contributed by atoms with E-state index in [1.807, 2.05) is 18.2 Å². The highest BCUT2D eigenvalue weighted by Crippen LogP contribution is 2.42. The minimum atomic E-state index is -0.842. The third-order valence-electron chi connectivity index (χ3n) is 5.56. The van der Waals surface area contributed by atoms with Gasteiger partial charge in [-0.1, -0.05) is 42.5 Å². The Labute approximate surface area is 142 Å². The number of nitrogens with zero attached hydrogens (tertiary/aromatic N) is 2. The number of benzene rings is 1.